The van der Waals surface area contributed by atoms with Crippen molar-refractivity contribution in [3.8, 4) is 0 Å². The molecule has 1 saturated carbocycles. The lowest BCUT2D eigenvalue weighted by Crippen LogP contribution is -2.61. The second-order valence-corrected chi connectivity index (χ2v) is 5.39. The standard InChI is InChI=1S/C12H25N3O/c1-12(9-13,10-16-2)15-7-5-14(6-8-15)11-3-4-11/h11H,3-10,13H2,1-2H3. The molecule has 0 bridgehead atoms. The quantitative estimate of drug-likeness (QED) is 0.725. The van der Waals surface area contributed by atoms with Crippen LogP contribution >= 0.6 is 0 Å². The summed E-state index contributed by atoms with van der Waals surface area (Å²) in [4.78, 5) is 5.12. The third-order valence-corrected chi connectivity index (χ3v) is 4.04. The highest BCUT2D eigenvalue weighted by atomic mass is 16.5. The molecule has 0 radical (unpaired) electrons. The van der Waals surface area contributed by atoms with Crippen molar-refractivity contribution in [1.82, 2.24) is 9.80 Å². The van der Waals surface area contributed by atoms with Crippen molar-refractivity contribution in [2.45, 2.75) is 31.3 Å². The second kappa shape index (κ2) is 5.00. The molecule has 1 unspecified atom stereocenters. The highest BCUT2D eigenvalue weighted by Gasteiger charge is 2.36. The van der Waals surface area contributed by atoms with Crippen molar-refractivity contribution >= 4 is 0 Å². The summed E-state index contributed by atoms with van der Waals surface area (Å²) in [7, 11) is 1.76. The summed E-state index contributed by atoms with van der Waals surface area (Å²) in [6.45, 7) is 8.27. The Morgan fingerprint density at radius 3 is 2.31 bits per heavy atom. The van der Waals surface area contributed by atoms with E-state index in [9.17, 15) is 0 Å². The molecule has 0 aromatic carbocycles. The fraction of sp³-hybridized carbons (Fsp3) is 1.00. The van der Waals surface area contributed by atoms with Gasteiger partial charge in [-0.3, -0.25) is 9.80 Å². The lowest BCUT2D eigenvalue weighted by atomic mass is 10.00. The normalized spacial score (nSPS) is 27.9. The topological polar surface area (TPSA) is 41.7 Å². The number of ether oxygens (including phenoxy) is 1. The third-order valence-electron chi connectivity index (χ3n) is 4.04. The monoisotopic (exact) mass is 227 g/mol. The van der Waals surface area contributed by atoms with E-state index in [1.165, 1.54) is 25.9 Å². The SMILES string of the molecule is COCC(C)(CN)N1CCN(C2CC2)CC1. The van der Waals surface area contributed by atoms with E-state index in [0.29, 0.717) is 6.54 Å². The van der Waals surface area contributed by atoms with Crippen LogP contribution in [-0.4, -0.2) is 67.8 Å². The van der Waals surface area contributed by atoms with E-state index in [1.54, 1.807) is 7.11 Å². The molecule has 1 aliphatic carbocycles. The molecule has 1 saturated heterocycles. The van der Waals surface area contributed by atoms with E-state index in [4.69, 9.17) is 10.5 Å². The Morgan fingerprint density at radius 2 is 1.88 bits per heavy atom. The summed E-state index contributed by atoms with van der Waals surface area (Å²) in [5.74, 6) is 0. The van der Waals surface area contributed by atoms with Gasteiger partial charge in [0.15, 0.2) is 0 Å². The van der Waals surface area contributed by atoms with Gasteiger partial charge in [0, 0.05) is 45.9 Å². The van der Waals surface area contributed by atoms with E-state index in [-0.39, 0.29) is 5.54 Å². The van der Waals surface area contributed by atoms with Crippen LogP contribution in [0.4, 0.5) is 0 Å². The predicted octanol–water partition coefficient (Wildman–Crippen LogP) is 0.130. The highest BCUT2D eigenvalue weighted by Crippen LogP contribution is 2.28. The maximum absolute atomic E-state index is 5.90. The first-order valence-corrected chi connectivity index (χ1v) is 6.38. The number of hydrogen-bond acceptors (Lipinski definition) is 4. The molecule has 4 nitrogen and oxygen atoms in total. The van der Waals surface area contributed by atoms with Gasteiger partial charge < -0.3 is 10.5 Å². The van der Waals surface area contributed by atoms with Gasteiger partial charge in [0.05, 0.1) is 12.1 Å². The second-order valence-electron chi connectivity index (χ2n) is 5.39. The van der Waals surface area contributed by atoms with Crippen molar-refractivity contribution in [2.75, 3.05) is 46.4 Å². The summed E-state index contributed by atoms with van der Waals surface area (Å²) < 4.78 is 5.30. The first-order chi connectivity index (χ1) is 7.69. The molecule has 2 fully saturated rings. The molecule has 0 amide bonds. The minimum Gasteiger partial charge on any atom is -0.383 e. The number of piperazine rings is 1. The molecule has 2 rings (SSSR count). The Morgan fingerprint density at radius 1 is 1.25 bits per heavy atom. The van der Waals surface area contributed by atoms with Crippen LogP contribution in [0.3, 0.4) is 0 Å². The third kappa shape index (κ3) is 2.56. The molecular weight excluding hydrogens is 202 g/mol. The number of nitrogens with two attached hydrogens (primary N) is 1. The summed E-state index contributed by atoms with van der Waals surface area (Å²) in [6.07, 6.45) is 2.82. The zero-order valence-electron chi connectivity index (χ0n) is 10.6. The minimum atomic E-state index is 0.0182. The van der Waals surface area contributed by atoms with Crippen molar-refractivity contribution in [3.05, 3.63) is 0 Å². The largest absolute Gasteiger partial charge is 0.383 e. The minimum absolute atomic E-state index is 0.0182. The smallest absolute Gasteiger partial charge is 0.0656 e. The van der Waals surface area contributed by atoms with E-state index in [2.05, 4.69) is 16.7 Å². The zero-order chi connectivity index (χ0) is 11.6. The molecule has 1 heterocycles. The fourth-order valence-electron chi connectivity index (χ4n) is 2.66. The molecule has 0 aromatic rings. The predicted molar refractivity (Wildman–Crippen MR) is 65.5 cm³/mol. The Labute approximate surface area is 98.7 Å². The molecule has 94 valence electrons. The molecule has 1 aliphatic heterocycles. The van der Waals surface area contributed by atoms with Crippen molar-refractivity contribution in [2.24, 2.45) is 5.73 Å². The van der Waals surface area contributed by atoms with E-state index in [1.807, 2.05) is 0 Å². The summed E-state index contributed by atoms with van der Waals surface area (Å²) in [5, 5.41) is 0. The maximum Gasteiger partial charge on any atom is 0.0656 e. The van der Waals surface area contributed by atoms with Crippen molar-refractivity contribution in [1.29, 1.82) is 0 Å². The summed E-state index contributed by atoms with van der Waals surface area (Å²) in [6, 6.07) is 0.897. The summed E-state index contributed by atoms with van der Waals surface area (Å²) in [5.41, 5.74) is 5.91. The van der Waals surface area contributed by atoms with Gasteiger partial charge in [0.2, 0.25) is 0 Å². The molecule has 1 atom stereocenters. The first-order valence-electron chi connectivity index (χ1n) is 6.38. The molecule has 0 spiro atoms. The van der Waals surface area contributed by atoms with Gasteiger partial charge in [-0.05, 0) is 19.8 Å². The Hall–Kier alpha value is -0.160. The van der Waals surface area contributed by atoms with Crippen LogP contribution < -0.4 is 5.73 Å². The van der Waals surface area contributed by atoms with Gasteiger partial charge in [0.1, 0.15) is 0 Å². The van der Waals surface area contributed by atoms with Crippen LogP contribution in [0.5, 0.6) is 0 Å². The van der Waals surface area contributed by atoms with Crippen LogP contribution in [-0.2, 0) is 4.74 Å². The Kier molecular flexibility index (Phi) is 3.85. The molecular formula is C12H25N3O. The summed E-state index contributed by atoms with van der Waals surface area (Å²) >= 11 is 0. The molecule has 0 aromatic heterocycles. The Bertz CT molecular complexity index is 224. The van der Waals surface area contributed by atoms with Gasteiger partial charge in [-0.2, -0.15) is 0 Å². The number of hydrogen-bond donors (Lipinski definition) is 1. The molecule has 4 heteroatoms. The van der Waals surface area contributed by atoms with Gasteiger partial charge >= 0.3 is 0 Å². The van der Waals surface area contributed by atoms with Crippen LogP contribution in [0.25, 0.3) is 0 Å². The van der Waals surface area contributed by atoms with E-state index >= 15 is 0 Å². The average Bonchev–Trinajstić information content (AvgIpc) is 3.13. The van der Waals surface area contributed by atoms with Gasteiger partial charge in [-0.15, -0.1) is 0 Å². The lowest BCUT2D eigenvalue weighted by molar-refractivity contribution is -0.00469. The Balaban J connectivity index is 1.85. The van der Waals surface area contributed by atoms with Gasteiger partial charge in [-0.1, -0.05) is 0 Å². The number of rotatable bonds is 5. The highest BCUT2D eigenvalue weighted by molar-refractivity contribution is 4.93. The van der Waals surface area contributed by atoms with Crippen molar-refractivity contribution in [3.63, 3.8) is 0 Å². The number of nitrogens with zero attached hydrogens (tertiary/aromatic N) is 2. The van der Waals surface area contributed by atoms with Crippen molar-refractivity contribution < 1.29 is 4.74 Å². The molecule has 16 heavy (non-hydrogen) atoms. The molecule has 2 N–H and O–H groups in total. The van der Waals surface area contributed by atoms with Gasteiger partial charge in [0.25, 0.3) is 0 Å². The lowest BCUT2D eigenvalue weighted by Gasteiger charge is -2.45. The van der Waals surface area contributed by atoms with Crippen LogP contribution in [0.15, 0.2) is 0 Å². The molecule has 2 aliphatic rings. The van der Waals surface area contributed by atoms with Crippen LogP contribution in [0.2, 0.25) is 0 Å². The van der Waals surface area contributed by atoms with Gasteiger partial charge in [-0.25, -0.2) is 0 Å². The first kappa shape index (κ1) is 12.3. The zero-order valence-corrected chi connectivity index (χ0v) is 10.6. The average molecular weight is 227 g/mol. The van der Waals surface area contributed by atoms with Crippen LogP contribution in [0, 0.1) is 0 Å². The fourth-order valence-corrected chi connectivity index (χ4v) is 2.66. The number of methoxy groups -OCH3 is 1. The van der Waals surface area contributed by atoms with E-state index < -0.39 is 0 Å². The maximum atomic E-state index is 5.90. The van der Waals surface area contributed by atoms with E-state index in [0.717, 1.165) is 25.7 Å². The van der Waals surface area contributed by atoms with Crippen LogP contribution in [0.1, 0.15) is 19.8 Å².